The number of nitrogens with one attached hydrogen (secondary N) is 1. The topological polar surface area (TPSA) is 65.4 Å². The van der Waals surface area contributed by atoms with E-state index in [9.17, 15) is 4.79 Å². The minimum atomic E-state index is -0.186. The summed E-state index contributed by atoms with van der Waals surface area (Å²) in [5, 5.41) is 7.22. The third kappa shape index (κ3) is 3.79. The SMILES string of the molecule is COc1ccc2c(c1)OC[C@@H](C(=O)NCc1ccc(-n3cccn3)cc1)C2. The van der Waals surface area contributed by atoms with Crippen LogP contribution in [0.15, 0.2) is 60.9 Å². The maximum absolute atomic E-state index is 12.5. The molecule has 138 valence electrons. The maximum Gasteiger partial charge on any atom is 0.227 e. The average molecular weight is 363 g/mol. The second-order valence-electron chi connectivity index (χ2n) is 6.52. The van der Waals surface area contributed by atoms with E-state index in [1.807, 2.05) is 54.7 Å². The normalized spacial score (nSPS) is 15.5. The zero-order chi connectivity index (χ0) is 18.6. The average Bonchev–Trinajstić information content (AvgIpc) is 3.26. The van der Waals surface area contributed by atoms with Crippen LogP contribution in [0.4, 0.5) is 0 Å². The van der Waals surface area contributed by atoms with Gasteiger partial charge in [-0.05, 0) is 41.8 Å². The van der Waals surface area contributed by atoms with Gasteiger partial charge in [0.1, 0.15) is 18.1 Å². The summed E-state index contributed by atoms with van der Waals surface area (Å²) < 4.78 is 12.8. The number of aromatic nitrogens is 2. The summed E-state index contributed by atoms with van der Waals surface area (Å²) in [6.07, 6.45) is 4.31. The van der Waals surface area contributed by atoms with Gasteiger partial charge in [0.25, 0.3) is 0 Å². The lowest BCUT2D eigenvalue weighted by molar-refractivity contribution is -0.126. The quantitative estimate of drug-likeness (QED) is 0.757. The van der Waals surface area contributed by atoms with Crippen molar-refractivity contribution < 1.29 is 14.3 Å². The molecule has 0 saturated carbocycles. The number of carbonyl (C=O) groups excluding carboxylic acids is 1. The Labute approximate surface area is 157 Å². The first kappa shape index (κ1) is 17.1. The first-order valence-electron chi connectivity index (χ1n) is 8.89. The Morgan fingerprint density at radius 3 is 2.89 bits per heavy atom. The molecule has 4 rings (SSSR count). The number of methoxy groups -OCH3 is 1. The number of benzene rings is 2. The standard InChI is InChI=1S/C21H21N3O3/c1-26-19-8-5-16-11-17(14-27-20(16)12-19)21(25)22-13-15-3-6-18(7-4-15)24-10-2-9-23-24/h2-10,12,17H,11,13-14H2,1H3,(H,22,25)/t17-/m0/s1. The van der Waals surface area contributed by atoms with Crippen LogP contribution in [-0.2, 0) is 17.8 Å². The van der Waals surface area contributed by atoms with Crippen LogP contribution in [-0.4, -0.2) is 29.4 Å². The Morgan fingerprint density at radius 1 is 1.30 bits per heavy atom. The fourth-order valence-corrected chi connectivity index (χ4v) is 3.17. The van der Waals surface area contributed by atoms with Gasteiger partial charge in [0.15, 0.2) is 0 Å². The summed E-state index contributed by atoms with van der Waals surface area (Å²) in [5.41, 5.74) is 3.06. The Kier molecular flexibility index (Phi) is 4.78. The molecule has 3 aromatic rings. The van der Waals surface area contributed by atoms with Gasteiger partial charge in [0, 0.05) is 25.0 Å². The van der Waals surface area contributed by atoms with Crippen LogP contribution < -0.4 is 14.8 Å². The molecule has 6 nitrogen and oxygen atoms in total. The van der Waals surface area contributed by atoms with Gasteiger partial charge in [0.05, 0.1) is 18.7 Å². The number of hydrogen-bond donors (Lipinski definition) is 1. The Morgan fingerprint density at radius 2 is 2.15 bits per heavy atom. The molecule has 0 radical (unpaired) electrons. The third-order valence-electron chi connectivity index (χ3n) is 4.72. The van der Waals surface area contributed by atoms with Gasteiger partial charge in [-0.15, -0.1) is 0 Å². The van der Waals surface area contributed by atoms with E-state index < -0.39 is 0 Å². The molecule has 1 amide bonds. The predicted octanol–water partition coefficient (Wildman–Crippen LogP) is 2.75. The molecule has 0 unspecified atom stereocenters. The summed E-state index contributed by atoms with van der Waals surface area (Å²) in [6.45, 7) is 0.869. The number of ether oxygens (including phenoxy) is 2. The molecule has 0 aliphatic carbocycles. The van der Waals surface area contributed by atoms with Crippen LogP contribution in [0.2, 0.25) is 0 Å². The Balaban J connectivity index is 1.34. The van der Waals surface area contributed by atoms with E-state index in [1.165, 1.54) is 0 Å². The molecule has 0 spiro atoms. The van der Waals surface area contributed by atoms with Gasteiger partial charge in [-0.25, -0.2) is 4.68 Å². The number of fused-ring (bicyclic) bond motifs is 1. The van der Waals surface area contributed by atoms with Crippen LogP contribution in [0.5, 0.6) is 11.5 Å². The van der Waals surface area contributed by atoms with Crippen LogP contribution in [0.3, 0.4) is 0 Å². The third-order valence-corrected chi connectivity index (χ3v) is 4.72. The van der Waals surface area contributed by atoms with Crippen molar-refractivity contribution in [3.8, 4) is 17.2 Å². The van der Waals surface area contributed by atoms with E-state index in [1.54, 1.807) is 18.0 Å². The molecule has 1 aliphatic heterocycles. The summed E-state index contributed by atoms with van der Waals surface area (Å²) in [6, 6.07) is 15.6. The Bertz CT molecular complexity index is 920. The maximum atomic E-state index is 12.5. The molecule has 1 aliphatic rings. The van der Waals surface area contributed by atoms with E-state index in [4.69, 9.17) is 9.47 Å². The van der Waals surface area contributed by atoms with Crippen molar-refractivity contribution >= 4 is 5.91 Å². The Hall–Kier alpha value is -3.28. The van der Waals surface area contributed by atoms with Gasteiger partial charge < -0.3 is 14.8 Å². The van der Waals surface area contributed by atoms with Crippen molar-refractivity contribution in [2.24, 2.45) is 5.92 Å². The van der Waals surface area contributed by atoms with Crippen molar-refractivity contribution in [3.63, 3.8) is 0 Å². The van der Waals surface area contributed by atoms with E-state index in [-0.39, 0.29) is 11.8 Å². The van der Waals surface area contributed by atoms with E-state index >= 15 is 0 Å². The molecule has 1 N–H and O–H groups in total. The predicted molar refractivity (Wildman–Crippen MR) is 101 cm³/mol. The summed E-state index contributed by atoms with van der Waals surface area (Å²) in [5.74, 6) is 1.38. The second kappa shape index (κ2) is 7.53. The molecule has 2 heterocycles. The lowest BCUT2D eigenvalue weighted by Crippen LogP contribution is -2.37. The van der Waals surface area contributed by atoms with Crippen molar-refractivity contribution in [1.29, 1.82) is 0 Å². The van der Waals surface area contributed by atoms with Crippen LogP contribution in [0.1, 0.15) is 11.1 Å². The number of nitrogens with zero attached hydrogens (tertiary/aromatic N) is 2. The molecule has 0 fully saturated rings. The second-order valence-corrected chi connectivity index (χ2v) is 6.52. The fraction of sp³-hybridized carbons (Fsp3) is 0.238. The highest BCUT2D eigenvalue weighted by Gasteiger charge is 2.26. The summed E-state index contributed by atoms with van der Waals surface area (Å²) in [4.78, 5) is 12.5. The minimum Gasteiger partial charge on any atom is -0.497 e. The van der Waals surface area contributed by atoms with E-state index in [0.717, 1.165) is 28.3 Å². The number of hydrogen-bond acceptors (Lipinski definition) is 4. The molecular formula is C21H21N3O3. The van der Waals surface area contributed by atoms with Gasteiger partial charge in [-0.2, -0.15) is 5.10 Å². The highest BCUT2D eigenvalue weighted by atomic mass is 16.5. The molecule has 1 atom stereocenters. The van der Waals surface area contributed by atoms with Crippen molar-refractivity contribution in [2.75, 3.05) is 13.7 Å². The van der Waals surface area contributed by atoms with Gasteiger partial charge >= 0.3 is 0 Å². The molecule has 6 heteroatoms. The van der Waals surface area contributed by atoms with Crippen molar-refractivity contribution in [1.82, 2.24) is 15.1 Å². The van der Waals surface area contributed by atoms with Gasteiger partial charge in [-0.1, -0.05) is 18.2 Å². The molecule has 2 aromatic carbocycles. The van der Waals surface area contributed by atoms with E-state index in [2.05, 4.69) is 10.4 Å². The largest absolute Gasteiger partial charge is 0.497 e. The highest BCUT2D eigenvalue weighted by molar-refractivity contribution is 5.79. The molecule has 0 saturated heterocycles. The summed E-state index contributed by atoms with van der Waals surface area (Å²) in [7, 11) is 1.63. The van der Waals surface area contributed by atoms with Crippen LogP contribution in [0, 0.1) is 5.92 Å². The van der Waals surface area contributed by atoms with E-state index in [0.29, 0.717) is 19.6 Å². The zero-order valence-corrected chi connectivity index (χ0v) is 15.1. The van der Waals surface area contributed by atoms with Crippen molar-refractivity contribution in [2.45, 2.75) is 13.0 Å². The smallest absolute Gasteiger partial charge is 0.227 e. The minimum absolute atomic E-state index is 0.00706. The van der Waals surface area contributed by atoms with Gasteiger partial charge in [-0.3, -0.25) is 4.79 Å². The molecule has 27 heavy (non-hydrogen) atoms. The van der Waals surface area contributed by atoms with Crippen LogP contribution >= 0.6 is 0 Å². The zero-order valence-electron chi connectivity index (χ0n) is 15.1. The first-order valence-corrected chi connectivity index (χ1v) is 8.89. The molecular weight excluding hydrogens is 342 g/mol. The molecule has 0 bridgehead atoms. The highest BCUT2D eigenvalue weighted by Crippen LogP contribution is 2.31. The van der Waals surface area contributed by atoms with Crippen molar-refractivity contribution in [3.05, 3.63) is 72.1 Å². The monoisotopic (exact) mass is 363 g/mol. The lowest BCUT2D eigenvalue weighted by Gasteiger charge is -2.25. The summed E-state index contributed by atoms with van der Waals surface area (Å²) >= 11 is 0. The van der Waals surface area contributed by atoms with Crippen LogP contribution in [0.25, 0.3) is 5.69 Å². The molecule has 1 aromatic heterocycles. The van der Waals surface area contributed by atoms with Gasteiger partial charge in [0.2, 0.25) is 5.91 Å². The lowest BCUT2D eigenvalue weighted by atomic mass is 9.96. The number of carbonyl (C=O) groups is 1. The first-order chi connectivity index (χ1) is 13.2. The number of rotatable bonds is 5. The number of amides is 1. The fourth-order valence-electron chi connectivity index (χ4n) is 3.17.